The minimum absolute atomic E-state index is 0.00118. The monoisotopic (exact) mass is 426 g/mol. The van der Waals surface area contributed by atoms with Gasteiger partial charge in [0.1, 0.15) is 16.5 Å². The van der Waals surface area contributed by atoms with E-state index >= 15 is 0 Å². The second-order valence-corrected chi connectivity index (χ2v) is 8.53. The fraction of sp³-hybridized carbons (Fsp3) is 0.211. The number of halogens is 3. The Labute approximate surface area is 166 Å². The van der Waals surface area contributed by atoms with Gasteiger partial charge in [-0.1, -0.05) is 23.7 Å². The third-order valence-electron chi connectivity index (χ3n) is 4.35. The lowest BCUT2D eigenvalue weighted by molar-refractivity contribution is -0.127. The SMILES string of the molecule is O=C(/C=C/c1ccc(Cl)cc1)N1CCN(S(=O)(=O)c2cc(F)ccc2F)CC1. The zero-order chi connectivity index (χ0) is 20.3. The van der Waals surface area contributed by atoms with Crippen LogP contribution in [-0.2, 0) is 14.8 Å². The van der Waals surface area contributed by atoms with E-state index in [9.17, 15) is 22.0 Å². The van der Waals surface area contributed by atoms with Crippen LogP contribution in [0.25, 0.3) is 6.08 Å². The first-order valence-electron chi connectivity index (χ1n) is 8.45. The van der Waals surface area contributed by atoms with Crippen molar-refractivity contribution >= 4 is 33.6 Å². The molecule has 0 bridgehead atoms. The number of piperazine rings is 1. The Morgan fingerprint density at radius 1 is 1.00 bits per heavy atom. The predicted octanol–water partition coefficient (Wildman–Crippen LogP) is 3.16. The third kappa shape index (κ3) is 4.57. The molecule has 1 amide bonds. The topological polar surface area (TPSA) is 57.7 Å². The molecule has 0 aromatic heterocycles. The van der Waals surface area contributed by atoms with Crippen LogP contribution in [0, 0.1) is 11.6 Å². The summed E-state index contributed by atoms with van der Waals surface area (Å²) in [5.41, 5.74) is 0.806. The third-order valence-corrected chi connectivity index (χ3v) is 6.52. The van der Waals surface area contributed by atoms with Crippen LogP contribution in [-0.4, -0.2) is 49.7 Å². The zero-order valence-corrected chi connectivity index (χ0v) is 16.3. The van der Waals surface area contributed by atoms with Crippen LogP contribution in [0.1, 0.15) is 5.56 Å². The van der Waals surface area contributed by atoms with Gasteiger partial charge in [0.2, 0.25) is 15.9 Å². The summed E-state index contributed by atoms with van der Waals surface area (Å²) in [5, 5.41) is 0.593. The average Bonchev–Trinajstić information content (AvgIpc) is 2.69. The summed E-state index contributed by atoms with van der Waals surface area (Å²) in [6, 6.07) is 9.26. The van der Waals surface area contributed by atoms with Gasteiger partial charge < -0.3 is 4.90 Å². The molecule has 2 aromatic rings. The van der Waals surface area contributed by atoms with E-state index in [1.807, 2.05) is 0 Å². The molecule has 1 aliphatic rings. The molecule has 0 radical (unpaired) electrons. The number of nitrogens with zero attached hydrogens (tertiary/aromatic N) is 2. The van der Waals surface area contributed by atoms with Crippen molar-refractivity contribution in [3.05, 3.63) is 70.8 Å². The number of carbonyl (C=O) groups excluding carboxylic acids is 1. The van der Waals surface area contributed by atoms with Crippen molar-refractivity contribution < 1.29 is 22.0 Å². The molecule has 3 rings (SSSR count). The summed E-state index contributed by atoms with van der Waals surface area (Å²) in [4.78, 5) is 13.1. The summed E-state index contributed by atoms with van der Waals surface area (Å²) < 4.78 is 53.4. The Balaban J connectivity index is 1.64. The van der Waals surface area contributed by atoms with Gasteiger partial charge in [-0.15, -0.1) is 0 Å². The fourth-order valence-corrected chi connectivity index (χ4v) is 4.43. The van der Waals surface area contributed by atoms with Gasteiger partial charge in [-0.2, -0.15) is 4.31 Å². The highest BCUT2D eigenvalue weighted by molar-refractivity contribution is 7.89. The van der Waals surface area contributed by atoms with Crippen LogP contribution in [0.3, 0.4) is 0 Å². The number of hydrogen-bond acceptors (Lipinski definition) is 3. The zero-order valence-electron chi connectivity index (χ0n) is 14.7. The van der Waals surface area contributed by atoms with E-state index in [0.717, 1.165) is 22.0 Å². The second-order valence-electron chi connectivity index (χ2n) is 6.19. The summed E-state index contributed by atoms with van der Waals surface area (Å²) in [6.07, 6.45) is 3.05. The van der Waals surface area contributed by atoms with E-state index in [1.165, 1.54) is 11.0 Å². The number of sulfonamides is 1. The number of rotatable bonds is 4. The van der Waals surface area contributed by atoms with E-state index in [2.05, 4.69) is 0 Å². The molecule has 0 spiro atoms. The van der Waals surface area contributed by atoms with Gasteiger partial charge in [0.25, 0.3) is 0 Å². The minimum Gasteiger partial charge on any atom is -0.337 e. The van der Waals surface area contributed by atoms with Gasteiger partial charge in [0.05, 0.1) is 0 Å². The van der Waals surface area contributed by atoms with Gasteiger partial charge in [-0.25, -0.2) is 17.2 Å². The van der Waals surface area contributed by atoms with Gasteiger partial charge in [-0.3, -0.25) is 4.79 Å². The Bertz CT molecular complexity index is 1000. The Morgan fingerprint density at radius 2 is 1.64 bits per heavy atom. The van der Waals surface area contributed by atoms with E-state index in [-0.39, 0.29) is 32.1 Å². The Morgan fingerprint density at radius 3 is 2.29 bits per heavy atom. The summed E-state index contributed by atoms with van der Waals surface area (Å²) in [7, 11) is -4.17. The van der Waals surface area contributed by atoms with E-state index < -0.39 is 26.6 Å². The lowest BCUT2D eigenvalue weighted by Crippen LogP contribution is -2.50. The molecule has 0 N–H and O–H groups in total. The summed E-state index contributed by atoms with van der Waals surface area (Å²) in [5.74, 6) is -2.10. The molecule has 0 saturated carbocycles. The van der Waals surface area contributed by atoms with Crippen molar-refractivity contribution in [3.63, 3.8) is 0 Å². The van der Waals surface area contributed by atoms with Crippen LogP contribution in [0.2, 0.25) is 5.02 Å². The van der Waals surface area contributed by atoms with Crippen molar-refractivity contribution in [1.29, 1.82) is 0 Å². The van der Waals surface area contributed by atoms with Crippen LogP contribution in [0.4, 0.5) is 8.78 Å². The van der Waals surface area contributed by atoms with E-state index in [1.54, 1.807) is 30.3 Å². The van der Waals surface area contributed by atoms with Crippen LogP contribution >= 0.6 is 11.6 Å². The number of hydrogen-bond donors (Lipinski definition) is 0. The molecule has 0 unspecified atom stereocenters. The normalized spacial score (nSPS) is 15.9. The lowest BCUT2D eigenvalue weighted by Gasteiger charge is -2.33. The highest BCUT2D eigenvalue weighted by atomic mass is 35.5. The molecule has 1 saturated heterocycles. The number of amides is 1. The van der Waals surface area contributed by atoms with E-state index in [0.29, 0.717) is 11.1 Å². The average molecular weight is 427 g/mol. The predicted molar refractivity (Wildman–Crippen MR) is 102 cm³/mol. The highest BCUT2D eigenvalue weighted by Gasteiger charge is 2.31. The molecule has 1 heterocycles. The first kappa shape index (κ1) is 20.4. The van der Waals surface area contributed by atoms with Gasteiger partial charge >= 0.3 is 0 Å². The van der Waals surface area contributed by atoms with Crippen molar-refractivity contribution in [2.24, 2.45) is 0 Å². The molecule has 2 aromatic carbocycles. The van der Waals surface area contributed by atoms with Crippen molar-refractivity contribution in [1.82, 2.24) is 9.21 Å². The molecule has 1 fully saturated rings. The second kappa shape index (κ2) is 8.38. The molecule has 28 heavy (non-hydrogen) atoms. The first-order valence-corrected chi connectivity index (χ1v) is 10.3. The number of carbonyl (C=O) groups is 1. The fourth-order valence-electron chi connectivity index (χ4n) is 2.81. The van der Waals surface area contributed by atoms with Crippen molar-refractivity contribution in [2.75, 3.05) is 26.2 Å². The van der Waals surface area contributed by atoms with Gasteiger partial charge in [0, 0.05) is 37.3 Å². The molecular weight excluding hydrogens is 410 g/mol. The number of benzene rings is 2. The minimum atomic E-state index is -4.17. The van der Waals surface area contributed by atoms with Gasteiger partial charge in [-0.05, 0) is 42.0 Å². The molecule has 1 aliphatic heterocycles. The van der Waals surface area contributed by atoms with E-state index in [4.69, 9.17) is 11.6 Å². The Hall–Kier alpha value is -2.29. The standard InChI is InChI=1S/C19H17ClF2N2O3S/c20-15-4-1-14(2-5-15)3-8-19(25)23-9-11-24(12-10-23)28(26,27)18-13-16(21)6-7-17(18)22/h1-8,13H,9-12H2/b8-3+. The molecule has 0 aliphatic carbocycles. The smallest absolute Gasteiger partial charge is 0.246 e. The van der Waals surface area contributed by atoms with Crippen LogP contribution in [0.5, 0.6) is 0 Å². The van der Waals surface area contributed by atoms with Crippen LogP contribution in [0.15, 0.2) is 53.4 Å². The quantitative estimate of drug-likeness (QED) is 0.706. The van der Waals surface area contributed by atoms with Gasteiger partial charge in [0.15, 0.2) is 0 Å². The maximum Gasteiger partial charge on any atom is 0.246 e. The maximum absolute atomic E-state index is 13.9. The summed E-state index contributed by atoms with van der Waals surface area (Å²) in [6.45, 7) is 0.303. The van der Waals surface area contributed by atoms with Crippen LogP contribution < -0.4 is 0 Å². The summed E-state index contributed by atoms with van der Waals surface area (Å²) >= 11 is 5.81. The molecule has 5 nitrogen and oxygen atoms in total. The van der Waals surface area contributed by atoms with Crippen molar-refractivity contribution in [2.45, 2.75) is 4.90 Å². The maximum atomic E-state index is 13.9. The lowest BCUT2D eigenvalue weighted by atomic mass is 10.2. The molecule has 148 valence electrons. The Kier molecular flexibility index (Phi) is 6.12. The first-order chi connectivity index (χ1) is 13.3. The van der Waals surface area contributed by atoms with Crippen molar-refractivity contribution in [3.8, 4) is 0 Å². The molecule has 9 heteroatoms. The highest BCUT2D eigenvalue weighted by Crippen LogP contribution is 2.22. The molecular formula is C19H17ClF2N2O3S. The molecule has 0 atom stereocenters. The largest absolute Gasteiger partial charge is 0.337 e.